The first-order chi connectivity index (χ1) is 7.95. The van der Waals surface area contributed by atoms with E-state index in [4.69, 9.17) is 10.5 Å². The SMILES string of the molecule is COc1cc(N2CCCC2(C)C)c(F)cc1N. The van der Waals surface area contributed by atoms with Crippen LogP contribution in [0.1, 0.15) is 26.7 Å². The van der Waals surface area contributed by atoms with Crippen molar-refractivity contribution in [3.8, 4) is 5.75 Å². The van der Waals surface area contributed by atoms with Crippen molar-refractivity contribution in [2.75, 3.05) is 24.3 Å². The molecule has 1 aromatic carbocycles. The van der Waals surface area contributed by atoms with Gasteiger partial charge in [0, 0.05) is 24.2 Å². The van der Waals surface area contributed by atoms with Gasteiger partial charge in [-0.2, -0.15) is 0 Å². The summed E-state index contributed by atoms with van der Waals surface area (Å²) in [5, 5.41) is 0. The van der Waals surface area contributed by atoms with Gasteiger partial charge in [-0.1, -0.05) is 0 Å². The van der Waals surface area contributed by atoms with Gasteiger partial charge in [0.25, 0.3) is 0 Å². The summed E-state index contributed by atoms with van der Waals surface area (Å²) in [6.45, 7) is 5.13. The van der Waals surface area contributed by atoms with Crippen LogP contribution in [0.5, 0.6) is 5.75 Å². The Morgan fingerprint density at radius 2 is 2.12 bits per heavy atom. The Morgan fingerprint density at radius 3 is 2.65 bits per heavy atom. The Kier molecular flexibility index (Phi) is 2.89. The van der Waals surface area contributed by atoms with Crippen molar-refractivity contribution in [3.05, 3.63) is 17.9 Å². The molecule has 0 bridgehead atoms. The van der Waals surface area contributed by atoms with Crippen LogP contribution in [-0.4, -0.2) is 19.2 Å². The maximum absolute atomic E-state index is 14.0. The Morgan fingerprint density at radius 1 is 1.41 bits per heavy atom. The minimum Gasteiger partial charge on any atom is -0.495 e. The number of ether oxygens (including phenoxy) is 1. The number of nitrogen functional groups attached to an aromatic ring is 1. The number of hydrogen-bond donors (Lipinski definition) is 1. The van der Waals surface area contributed by atoms with Crippen LogP contribution in [0.25, 0.3) is 0 Å². The molecule has 1 aliphatic heterocycles. The van der Waals surface area contributed by atoms with Crippen molar-refractivity contribution in [3.63, 3.8) is 0 Å². The van der Waals surface area contributed by atoms with Gasteiger partial charge in [0.2, 0.25) is 0 Å². The monoisotopic (exact) mass is 238 g/mol. The number of benzene rings is 1. The molecule has 0 aliphatic carbocycles. The van der Waals surface area contributed by atoms with Crippen molar-refractivity contribution < 1.29 is 9.13 Å². The average molecular weight is 238 g/mol. The first kappa shape index (κ1) is 12.0. The van der Waals surface area contributed by atoms with Gasteiger partial charge in [0.1, 0.15) is 11.6 Å². The van der Waals surface area contributed by atoms with Gasteiger partial charge in [-0.05, 0) is 26.7 Å². The fourth-order valence-corrected chi connectivity index (χ4v) is 2.50. The first-order valence-electron chi connectivity index (χ1n) is 5.86. The number of nitrogens with two attached hydrogens (primary N) is 1. The van der Waals surface area contributed by atoms with Gasteiger partial charge in [-0.25, -0.2) is 4.39 Å². The van der Waals surface area contributed by atoms with Crippen molar-refractivity contribution in [2.45, 2.75) is 32.2 Å². The number of hydrogen-bond acceptors (Lipinski definition) is 3. The van der Waals surface area contributed by atoms with Crippen LogP contribution in [0.15, 0.2) is 12.1 Å². The van der Waals surface area contributed by atoms with Crippen LogP contribution < -0.4 is 15.4 Å². The number of anilines is 2. The maximum atomic E-state index is 14.0. The lowest BCUT2D eigenvalue weighted by atomic mass is 10.0. The summed E-state index contributed by atoms with van der Waals surface area (Å²) in [7, 11) is 1.54. The summed E-state index contributed by atoms with van der Waals surface area (Å²) in [6.07, 6.45) is 2.15. The molecule has 94 valence electrons. The minimum atomic E-state index is -0.279. The zero-order valence-electron chi connectivity index (χ0n) is 10.6. The third-order valence-electron chi connectivity index (χ3n) is 3.49. The molecule has 1 heterocycles. The molecule has 0 saturated carbocycles. The molecule has 3 nitrogen and oxygen atoms in total. The maximum Gasteiger partial charge on any atom is 0.148 e. The summed E-state index contributed by atoms with van der Waals surface area (Å²) in [5.74, 6) is 0.252. The van der Waals surface area contributed by atoms with Crippen molar-refractivity contribution >= 4 is 11.4 Å². The van der Waals surface area contributed by atoms with Crippen LogP contribution >= 0.6 is 0 Å². The van der Waals surface area contributed by atoms with Crippen LogP contribution in [0.4, 0.5) is 15.8 Å². The lowest BCUT2D eigenvalue weighted by Crippen LogP contribution is -2.38. The third-order valence-corrected chi connectivity index (χ3v) is 3.49. The van der Waals surface area contributed by atoms with Gasteiger partial charge in [0.15, 0.2) is 0 Å². The van der Waals surface area contributed by atoms with Gasteiger partial charge >= 0.3 is 0 Å². The molecule has 0 unspecified atom stereocenters. The molecule has 0 aromatic heterocycles. The highest BCUT2D eigenvalue weighted by Gasteiger charge is 2.33. The lowest BCUT2D eigenvalue weighted by molar-refractivity contribution is 0.415. The summed E-state index contributed by atoms with van der Waals surface area (Å²) < 4.78 is 19.1. The van der Waals surface area contributed by atoms with E-state index < -0.39 is 0 Å². The Hall–Kier alpha value is -1.45. The highest BCUT2D eigenvalue weighted by Crippen LogP contribution is 2.38. The Balaban J connectivity index is 2.45. The van der Waals surface area contributed by atoms with Crippen LogP contribution in [-0.2, 0) is 0 Å². The van der Waals surface area contributed by atoms with E-state index in [2.05, 4.69) is 18.7 Å². The predicted molar refractivity (Wildman–Crippen MR) is 68.0 cm³/mol. The Bertz CT molecular complexity index is 432. The van der Waals surface area contributed by atoms with Crippen LogP contribution in [0, 0.1) is 5.82 Å². The van der Waals surface area contributed by atoms with Crippen LogP contribution in [0.2, 0.25) is 0 Å². The second kappa shape index (κ2) is 4.09. The predicted octanol–water partition coefficient (Wildman–Crippen LogP) is 2.80. The van der Waals surface area contributed by atoms with Crippen molar-refractivity contribution in [2.24, 2.45) is 0 Å². The lowest BCUT2D eigenvalue weighted by Gasteiger charge is -2.34. The molecular formula is C13H19FN2O. The van der Waals surface area contributed by atoms with E-state index in [-0.39, 0.29) is 11.4 Å². The largest absolute Gasteiger partial charge is 0.495 e. The summed E-state index contributed by atoms with van der Waals surface area (Å²) >= 11 is 0. The van der Waals surface area contributed by atoms with E-state index in [1.165, 1.54) is 6.07 Å². The van der Waals surface area contributed by atoms with Gasteiger partial charge in [-0.3, -0.25) is 0 Å². The molecule has 1 saturated heterocycles. The van der Waals surface area contributed by atoms with E-state index in [9.17, 15) is 4.39 Å². The molecule has 1 aromatic rings. The highest BCUT2D eigenvalue weighted by molar-refractivity contribution is 5.64. The van der Waals surface area contributed by atoms with E-state index in [1.807, 2.05) is 0 Å². The highest BCUT2D eigenvalue weighted by atomic mass is 19.1. The minimum absolute atomic E-state index is 0.0119. The molecule has 1 fully saturated rings. The molecule has 0 spiro atoms. The molecule has 2 rings (SSSR count). The summed E-state index contributed by atoms with van der Waals surface area (Å²) in [5.41, 5.74) is 6.59. The molecule has 1 aliphatic rings. The quantitative estimate of drug-likeness (QED) is 0.805. The summed E-state index contributed by atoms with van der Waals surface area (Å²) in [4.78, 5) is 2.09. The molecule has 0 amide bonds. The zero-order valence-corrected chi connectivity index (χ0v) is 10.6. The standard InChI is InChI=1S/C13H19FN2O/c1-13(2)5-4-6-16(13)11-8-12(17-3)10(15)7-9(11)14/h7-8H,4-6,15H2,1-3H3. The smallest absolute Gasteiger partial charge is 0.148 e. The molecule has 17 heavy (non-hydrogen) atoms. The second-order valence-electron chi connectivity index (χ2n) is 5.11. The summed E-state index contributed by atoms with van der Waals surface area (Å²) in [6, 6.07) is 3.03. The van der Waals surface area contributed by atoms with Gasteiger partial charge < -0.3 is 15.4 Å². The topological polar surface area (TPSA) is 38.5 Å². The fraction of sp³-hybridized carbons (Fsp3) is 0.538. The molecule has 0 radical (unpaired) electrons. The molecule has 2 N–H and O–H groups in total. The molecular weight excluding hydrogens is 219 g/mol. The molecule has 4 heteroatoms. The second-order valence-corrected chi connectivity index (χ2v) is 5.11. The van der Waals surface area contributed by atoms with Crippen LogP contribution in [0.3, 0.4) is 0 Å². The van der Waals surface area contributed by atoms with Gasteiger partial charge in [0.05, 0.1) is 18.5 Å². The van der Waals surface area contributed by atoms with Crippen molar-refractivity contribution in [1.29, 1.82) is 0 Å². The van der Waals surface area contributed by atoms with E-state index >= 15 is 0 Å². The number of rotatable bonds is 2. The van der Waals surface area contributed by atoms with Gasteiger partial charge in [-0.15, -0.1) is 0 Å². The zero-order chi connectivity index (χ0) is 12.6. The average Bonchev–Trinajstić information content (AvgIpc) is 2.59. The fourth-order valence-electron chi connectivity index (χ4n) is 2.50. The van der Waals surface area contributed by atoms with E-state index in [0.717, 1.165) is 19.4 Å². The first-order valence-corrected chi connectivity index (χ1v) is 5.86. The number of halogens is 1. The van der Waals surface area contributed by atoms with E-state index in [0.29, 0.717) is 17.1 Å². The number of nitrogens with zero attached hydrogens (tertiary/aromatic N) is 1. The normalized spacial score (nSPS) is 18.5. The Labute approximate surface area is 101 Å². The van der Waals surface area contributed by atoms with Crippen molar-refractivity contribution in [1.82, 2.24) is 0 Å². The third kappa shape index (κ3) is 2.04. The number of methoxy groups -OCH3 is 1. The van der Waals surface area contributed by atoms with E-state index in [1.54, 1.807) is 13.2 Å². The molecule has 0 atom stereocenters.